The van der Waals surface area contributed by atoms with Crippen molar-refractivity contribution in [3.8, 4) is 0 Å². The van der Waals surface area contributed by atoms with Crippen molar-refractivity contribution >= 4 is 60.7 Å². The highest BCUT2D eigenvalue weighted by atomic mass is 32.1. The first kappa shape index (κ1) is 21.4. The zero-order valence-electron chi connectivity index (χ0n) is 17.6. The number of pyridine rings is 1. The average Bonchev–Trinajstić information content (AvgIpc) is 3.42. The van der Waals surface area contributed by atoms with E-state index in [1.165, 1.54) is 22.7 Å². The fourth-order valence-electron chi connectivity index (χ4n) is 3.55. The Labute approximate surface area is 198 Å². The smallest absolute Gasteiger partial charge is 0.348 e. The van der Waals surface area contributed by atoms with Crippen LogP contribution in [0.1, 0.15) is 9.67 Å². The number of nitrogens with zero attached hydrogens (tertiary/aromatic N) is 4. The van der Waals surface area contributed by atoms with Crippen molar-refractivity contribution in [3.05, 3.63) is 65.7 Å². The zero-order chi connectivity index (χ0) is 22.6. The molecule has 0 bridgehead atoms. The van der Waals surface area contributed by atoms with Crippen molar-refractivity contribution in [2.45, 2.75) is 0 Å². The van der Waals surface area contributed by atoms with Crippen LogP contribution in [0.5, 0.6) is 0 Å². The number of para-hydroxylation sites is 1. The summed E-state index contributed by atoms with van der Waals surface area (Å²) in [7, 11) is 0. The minimum absolute atomic E-state index is 0.185. The number of piperazine rings is 1. The highest BCUT2D eigenvalue weighted by Crippen LogP contribution is 2.34. The van der Waals surface area contributed by atoms with Gasteiger partial charge in [0.05, 0.1) is 4.70 Å². The first-order chi connectivity index (χ1) is 16.2. The number of aromatic nitrogens is 2. The summed E-state index contributed by atoms with van der Waals surface area (Å²) in [6.45, 7) is 2.28. The first-order valence-electron chi connectivity index (χ1n) is 10.5. The Morgan fingerprint density at radius 3 is 2.52 bits per heavy atom. The van der Waals surface area contributed by atoms with Gasteiger partial charge in [0.2, 0.25) is 0 Å². The number of ether oxygens (including phenoxy) is 1. The molecule has 33 heavy (non-hydrogen) atoms. The van der Waals surface area contributed by atoms with Crippen molar-refractivity contribution in [3.63, 3.8) is 0 Å². The van der Waals surface area contributed by atoms with Crippen LogP contribution in [0.15, 0.2) is 60.8 Å². The highest BCUT2D eigenvalue weighted by Gasteiger charge is 2.23. The number of hydrogen-bond acceptors (Lipinski definition) is 9. The maximum atomic E-state index is 12.5. The summed E-state index contributed by atoms with van der Waals surface area (Å²) in [5.74, 6) is 0.225. The van der Waals surface area contributed by atoms with E-state index < -0.39 is 5.97 Å². The van der Waals surface area contributed by atoms with Crippen LogP contribution in [-0.2, 0) is 9.53 Å². The van der Waals surface area contributed by atoms with E-state index in [4.69, 9.17) is 4.74 Å². The second-order valence-electron chi connectivity index (χ2n) is 7.42. The zero-order valence-corrected chi connectivity index (χ0v) is 19.3. The Bertz CT molecular complexity index is 1220. The molecule has 1 aliphatic rings. The van der Waals surface area contributed by atoms with Gasteiger partial charge in [0.25, 0.3) is 5.91 Å². The lowest BCUT2D eigenvalue weighted by molar-refractivity contribution is -0.134. The van der Waals surface area contributed by atoms with Crippen LogP contribution in [0.4, 0.5) is 16.6 Å². The summed E-state index contributed by atoms with van der Waals surface area (Å²) >= 11 is 2.74. The van der Waals surface area contributed by atoms with E-state index in [-0.39, 0.29) is 12.5 Å². The number of esters is 1. The number of anilines is 3. The number of carbonyl (C=O) groups is 2. The molecule has 10 heteroatoms. The van der Waals surface area contributed by atoms with Gasteiger partial charge in [-0.15, -0.1) is 11.3 Å². The van der Waals surface area contributed by atoms with Gasteiger partial charge in [-0.25, -0.2) is 14.8 Å². The molecule has 1 saturated heterocycles. The quantitative estimate of drug-likeness (QED) is 0.418. The molecule has 0 aliphatic carbocycles. The van der Waals surface area contributed by atoms with Gasteiger partial charge in [0.1, 0.15) is 15.5 Å². The lowest BCUT2D eigenvalue weighted by Crippen LogP contribution is -2.50. The second-order valence-corrected chi connectivity index (χ2v) is 9.48. The Morgan fingerprint density at radius 1 is 1.00 bits per heavy atom. The molecule has 0 radical (unpaired) electrons. The van der Waals surface area contributed by atoms with E-state index in [0.717, 1.165) is 26.2 Å². The molecule has 3 aromatic heterocycles. The fraction of sp³-hybridized carbons (Fsp3) is 0.217. The molecular formula is C23H21N5O3S2. The normalized spacial score (nSPS) is 13.8. The van der Waals surface area contributed by atoms with E-state index in [0.29, 0.717) is 31.1 Å². The Hall–Kier alpha value is -3.50. The SMILES string of the molecule is O=C(OCC(=O)N1CCN(c2ccccn2)CC1)c1cc2sc(Nc3ccccc3)nc2s1. The van der Waals surface area contributed by atoms with Crippen molar-refractivity contribution in [2.24, 2.45) is 0 Å². The predicted molar refractivity (Wildman–Crippen MR) is 131 cm³/mol. The van der Waals surface area contributed by atoms with Gasteiger partial charge in [0.15, 0.2) is 11.7 Å². The molecule has 1 aliphatic heterocycles. The predicted octanol–water partition coefficient (Wildman–Crippen LogP) is 4.00. The van der Waals surface area contributed by atoms with Crippen LogP contribution in [0, 0.1) is 0 Å². The van der Waals surface area contributed by atoms with E-state index in [2.05, 4.69) is 20.2 Å². The number of thiazole rings is 1. The monoisotopic (exact) mass is 479 g/mol. The van der Waals surface area contributed by atoms with Gasteiger partial charge in [-0.1, -0.05) is 35.6 Å². The van der Waals surface area contributed by atoms with Crippen molar-refractivity contribution in [1.29, 1.82) is 0 Å². The van der Waals surface area contributed by atoms with E-state index in [1.54, 1.807) is 17.2 Å². The van der Waals surface area contributed by atoms with Gasteiger partial charge in [0, 0.05) is 38.1 Å². The van der Waals surface area contributed by atoms with E-state index >= 15 is 0 Å². The molecular weight excluding hydrogens is 458 g/mol. The third-order valence-corrected chi connectivity index (χ3v) is 7.30. The van der Waals surface area contributed by atoms with Crippen LogP contribution in [0.2, 0.25) is 0 Å². The molecule has 0 saturated carbocycles. The van der Waals surface area contributed by atoms with Crippen LogP contribution in [0.3, 0.4) is 0 Å². The molecule has 1 amide bonds. The summed E-state index contributed by atoms with van der Waals surface area (Å²) in [6.07, 6.45) is 1.76. The molecule has 0 spiro atoms. The number of rotatable bonds is 6. The third-order valence-electron chi connectivity index (χ3n) is 5.25. The summed E-state index contributed by atoms with van der Waals surface area (Å²) < 4.78 is 6.20. The Balaban J connectivity index is 1.12. The van der Waals surface area contributed by atoms with Gasteiger partial charge < -0.3 is 19.9 Å². The van der Waals surface area contributed by atoms with Crippen molar-refractivity contribution in [2.75, 3.05) is 43.0 Å². The molecule has 1 aromatic carbocycles. The van der Waals surface area contributed by atoms with Gasteiger partial charge in [-0.2, -0.15) is 0 Å². The molecule has 0 atom stereocenters. The summed E-state index contributed by atoms with van der Waals surface area (Å²) in [4.78, 5) is 39.0. The van der Waals surface area contributed by atoms with Crippen LogP contribution >= 0.6 is 22.7 Å². The summed E-state index contributed by atoms with van der Waals surface area (Å²) in [5, 5.41) is 4.02. The number of thiophene rings is 1. The third kappa shape index (κ3) is 4.96. The van der Waals surface area contributed by atoms with E-state index in [1.807, 2.05) is 48.5 Å². The maximum Gasteiger partial charge on any atom is 0.348 e. The molecule has 1 N–H and O–H groups in total. The molecule has 5 rings (SSSR count). The standard InChI is InChI=1S/C23H21N5O3S2/c29-20(28-12-10-27(11-13-28)19-8-4-5-9-24-19)15-31-22(30)18-14-17-21(32-18)26-23(33-17)25-16-6-2-1-3-7-16/h1-9,14H,10-13,15H2,(H,25,26). The summed E-state index contributed by atoms with van der Waals surface area (Å²) in [5.41, 5.74) is 0.956. The molecule has 4 aromatic rings. The number of amides is 1. The number of hydrogen-bond donors (Lipinski definition) is 1. The van der Waals surface area contributed by atoms with Crippen LogP contribution in [0.25, 0.3) is 9.53 Å². The molecule has 1 fully saturated rings. The van der Waals surface area contributed by atoms with E-state index in [9.17, 15) is 9.59 Å². The molecule has 8 nitrogen and oxygen atoms in total. The Kier molecular flexibility index (Phi) is 6.18. The first-order valence-corrected chi connectivity index (χ1v) is 12.1. The number of fused-ring (bicyclic) bond motifs is 1. The largest absolute Gasteiger partial charge is 0.451 e. The molecule has 4 heterocycles. The number of nitrogens with one attached hydrogen (secondary N) is 1. The lowest BCUT2D eigenvalue weighted by Gasteiger charge is -2.35. The fourth-order valence-corrected chi connectivity index (χ4v) is 5.58. The average molecular weight is 480 g/mol. The van der Waals surface area contributed by atoms with Crippen molar-refractivity contribution in [1.82, 2.24) is 14.9 Å². The van der Waals surface area contributed by atoms with Gasteiger partial charge >= 0.3 is 5.97 Å². The second kappa shape index (κ2) is 9.55. The lowest BCUT2D eigenvalue weighted by atomic mass is 10.3. The van der Waals surface area contributed by atoms with Gasteiger partial charge in [-0.05, 0) is 30.3 Å². The topological polar surface area (TPSA) is 87.7 Å². The molecule has 168 valence electrons. The maximum absolute atomic E-state index is 12.5. The van der Waals surface area contributed by atoms with Crippen LogP contribution in [-0.4, -0.2) is 59.5 Å². The number of benzene rings is 1. The summed E-state index contributed by atoms with van der Waals surface area (Å²) in [6, 6.07) is 17.3. The van der Waals surface area contributed by atoms with Gasteiger partial charge in [-0.3, -0.25) is 4.79 Å². The van der Waals surface area contributed by atoms with Crippen LogP contribution < -0.4 is 10.2 Å². The Morgan fingerprint density at radius 2 is 1.79 bits per heavy atom. The highest BCUT2D eigenvalue weighted by molar-refractivity contribution is 7.29. The minimum Gasteiger partial charge on any atom is -0.451 e. The number of carbonyl (C=O) groups excluding carboxylic acids is 2. The van der Waals surface area contributed by atoms with Crippen molar-refractivity contribution < 1.29 is 14.3 Å². The minimum atomic E-state index is -0.497. The molecule has 0 unspecified atom stereocenters.